The number of rotatable bonds is 12. The minimum Gasteiger partial charge on any atom is -0.488 e. The molecule has 0 aromatic heterocycles. The van der Waals surface area contributed by atoms with Crippen LogP contribution in [0.15, 0.2) is 12.1 Å². The van der Waals surface area contributed by atoms with E-state index in [1.54, 1.807) is 12.1 Å². The van der Waals surface area contributed by atoms with Gasteiger partial charge in [-0.25, -0.2) is 4.79 Å². The molecular formula is C26H36N2O6. The van der Waals surface area contributed by atoms with Crippen LogP contribution >= 0.6 is 0 Å². The average molecular weight is 473 g/mol. The van der Waals surface area contributed by atoms with Gasteiger partial charge >= 0.3 is 5.97 Å². The van der Waals surface area contributed by atoms with Crippen molar-refractivity contribution in [2.24, 2.45) is 11.8 Å². The number of esters is 1. The molecule has 0 saturated heterocycles. The van der Waals surface area contributed by atoms with E-state index in [1.165, 1.54) is 25.7 Å². The summed E-state index contributed by atoms with van der Waals surface area (Å²) in [6.45, 7) is 1.54. The minimum atomic E-state index is -0.379. The molecule has 2 N–H and O–H groups in total. The zero-order chi connectivity index (χ0) is 23.8. The molecule has 2 fully saturated rings. The van der Waals surface area contributed by atoms with Gasteiger partial charge in [0.05, 0.1) is 18.7 Å². The summed E-state index contributed by atoms with van der Waals surface area (Å²) in [5.74, 6) is 1.68. The quantitative estimate of drug-likeness (QED) is 0.357. The summed E-state index contributed by atoms with van der Waals surface area (Å²) in [6.07, 6.45) is 10.6. The summed E-state index contributed by atoms with van der Waals surface area (Å²) < 4.78 is 16.9. The van der Waals surface area contributed by atoms with E-state index >= 15 is 0 Å². The first kappa shape index (κ1) is 24.4. The van der Waals surface area contributed by atoms with Crippen molar-refractivity contribution in [1.29, 1.82) is 0 Å². The predicted molar refractivity (Wildman–Crippen MR) is 126 cm³/mol. The lowest BCUT2D eigenvalue weighted by atomic mass is 10.0. The summed E-state index contributed by atoms with van der Waals surface area (Å²) in [6, 6.07) is 3.40. The summed E-state index contributed by atoms with van der Waals surface area (Å²) >= 11 is 0. The number of carbonyl (C=O) groups excluding carboxylic acids is 3. The lowest BCUT2D eigenvalue weighted by molar-refractivity contribution is -0.122. The van der Waals surface area contributed by atoms with Crippen molar-refractivity contribution in [2.45, 2.75) is 70.8 Å². The van der Waals surface area contributed by atoms with E-state index in [0.717, 1.165) is 31.2 Å². The normalized spacial score (nSPS) is 17.9. The molecule has 4 rings (SSSR count). The van der Waals surface area contributed by atoms with Crippen LogP contribution in [0.5, 0.6) is 11.5 Å². The molecule has 186 valence electrons. The number of hydrogen-bond donors (Lipinski definition) is 2. The second kappa shape index (κ2) is 12.1. The van der Waals surface area contributed by atoms with Gasteiger partial charge in [0.15, 0.2) is 11.5 Å². The number of cyclic esters (lactones) is 1. The van der Waals surface area contributed by atoms with Crippen molar-refractivity contribution in [3.05, 3.63) is 23.3 Å². The van der Waals surface area contributed by atoms with Crippen molar-refractivity contribution >= 4 is 17.8 Å². The topological polar surface area (TPSA) is 103 Å². The zero-order valence-corrected chi connectivity index (χ0v) is 19.9. The first-order valence-corrected chi connectivity index (χ1v) is 12.7. The van der Waals surface area contributed by atoms with Gasteiger partial charge in [0.25, 0.3) is 0 Å². The highest BCUT2D eigenvalue weighted by Gasteiger charge is 2.25. The molecule has 0 atom stereocenters. The fourth-order valence-electron chi connectivity index (χ4n) is 5.16. The van der Waals surface area contributed by atoms with Crippen LogP contribution in [0.3, 0.4) is 0 Å². The van der Waals surface area contributed by atoms with Gasteiger partial charge in [0.2, 0.25) is 11.8 Å². The summed E-state index contributed by atoms with van der Waals surface area (Å²) in [5, 5.41) is 5.83. The molecule has 1 heterocycles. The highest BCUT2D eigenvalue weighted by molar-refractivity contribution is 5.94. The van der Waals surface area contributed by atoms with Crippen LogP contribution in [0.25, 0.3) is 0 Å². The van der Waals surface area contributed by atoms with E-state index < -0.39 is 0 Å². The van der Waals surface area contributed by atoms with Crippen molar-refractivity contribution < 1.29 is 28.6 Å². The zero-order valence-electron chi connectivity index (χ0n) is 19.9. The van der Waals surface area contributed by atoms with E-state index in [0.29, 0.717) is 61.4 Å². The first-order chi connectivity index (χ1) is 16.6. The maximum atomic E-state index is 12.1. The van der Waals surface area contributed by atoms with Gasteiger partial charge in [-0.15, -0.1) is 0 Å². The molecule has 8 heteroatoms. The van der Waals surface area contributed by atoms with Gasteiger partial charge in [-0.3, -0.25) is 9.59 Å². The molecule has 2 saturated carbocycles. The molecule has 0 bridgehead atoms. The van der Waals surface area contributed by atoms with Gasteiger partial charge in [-0.1, -0.05) is 25.7 Å². The Morgan fingerprint density at radius 3 is 1.85 bits per heavy atom. The van der Waals surface area contributed by atoms with Crippen LogP contribution in [0.1, 0.15) is 80.1 Å². The highest BCUT2D eigenvalue weighted by atomic mass is 16.5. The van der Waals surface area contributed by atoms with Gasteiger partial charge in [-0.05, 0) is 49.7 Å². The van der Waals surface area contributed by atoms with Crippen molar-refractivity contribution in [3.8, 4) is 11.5 Å². The van der Waals surface area contributed by atoms with Crippen LogP contribution in [-0.2, 0) is 20.9 Å². The molecule has 3 aliphatic rings. The lowest BCUT2D eigenvalue weighted by Gasteiger charge is -2.15. The number of fused-ring (bicyclic) bond motifs is 1. The van der Waals surface area contributed by atoms with Gasteiger partial charge in [0, 0.05) is 18.4 Å². The molecule has 1 aromatic rings. The number of amides is 2. The van der Waals surface area contributed by atoms with E-state index in [2.05, 4.69) is 10.6 Å². The molecular weight excluding hydrogens is 436 g/mol. The predicted octanol–water partition coefficient (Wildman–Crippen LogP) is 3.51. The maximum Gasteiger partial charge on any atom is 0.339 e. The third kappa shape index (κ3) is 6.87. The molecule has 2 amide bonds. The second-order valence-corrected chi connectivity index (χ2v) is 9.64. The Kier molecular flexibility index (Phi) is 8.66. The fraction of sp³-hybridized carbons (Fsp3) is 0.654. The Labute approximate surface area is 201 Å². The Morgan fingerprint density at radius 1 is 0.824 bits per heavy atom. The van der Waals surface area contributed by atoms with Crippen LogP contribution in [-0.4, -0.2) is 44.1 Å². The second-order valence-electron chi connectivity index (χ2n) is 9.64. The smallest absolute Gasteiger partial charge is 0.339 e. The average Bonchev–Trinajstić information content (AvgIpc) is 3.58. The van der Waals surface area contributed by atoms with Gasteiger partial charge < -0.3 is 24.8 Å². The molecule has 1 aromatic carbocycles. The van der Waals surface area contributed by atoms with E-state index in [1.807, 2.05) is 0 Å². The Hall–Kier alpha value is -2.77. The lowest BCUT2D eigenvalue weighted by Crippen LogP contribution is -2.30. The molecule has 0 unspecified atom stereocenters. The third-order valence-corrected chi connectivity index (χ3v) is 7.01. The maximum absolute atomic E-state index is 12.1. The van der Waals surface area contributed by atoms with E-state index in [4.69, 9.17) is 14.2 Å². The largest absolute Gasteiger partial charge is 0.488 e. The van der Waals surface area contributed by atoms with Crippen LogP contribution in [0.2, 0.25) is 0 Å². The third-order valence-electron chi connectivity index (χ3n) is 7.01. The molecule has 0 radical (unpaired) electrons. The Balaban J connectivity index is 1.24. The number of ether oxygens (including phenoxy) is 3. The van der Waals surface area contributed by atoms with E-state index in [-0.39, 0.29) is 31.0 Å². The number of benzene rings is 1. The minimum absolute atomic E-state index is 0.0536. The molecule has 0 spiro atoms. The monoisotopic (exact) mass is 472 g/mol. The molecule has 8 nitrogen and oxygen atoms in total. The Morgan fingerprint density at radius 2 is 1.32 bits per heavy atom. The van der Waals surface area contributed by atoms with Crippen LogP contribution in [0.4, 0.5) is 0 Å². The van der Waals surface area contributed by atoms with Gasteiger partial charge in [0.1, 0.15) is 19.8 Å². The number of nitrogens with one attached hydrogen (secondary N) is 2. The SMILES string of the molecule is O=C(CC1CCCC1)NCCOc1cc2c(cc1OCCNC(=O)CC1CCCC1)C(=O)OC2. The van der Waals surface area contributed by atoms with Crippen molar-refractivity contribution in [2.75, 3.05) is 26.3 Å². The van der Waals surface area contributed by atoms with Gasteiger partial charge in [-0.2, -0.15) is 0 Å². The van der Waals surface area contributed by atoms with Crippen molar-refractivity contribution in [1.82, 2.24) is 10.6 Å². The fourth-order valence-corrected chi connectivity index (χ4v) is 5.16. The summed E-state index contributed by atoms with van der Waals surface area (Å²) in [4.78, 5) is 36.2. The van der Waals surface area contributed by atoms with Crippen molar-refractivity contribution in [3.63, 3.8) is 0 Å². The summed E-state index contributed by atoms with van der Waals surface area (Å²) in [7, 11) is 0. The van der Waals surface area contributed by atoms with Crippen LogP contribution < -0.4 is 20.1 Å². The standard InChI is InChI=1S/C26H36N2O6/c29-24(13-18-5-1-2-6-18)27-9-11-32-22-15-20-17-34-26(31)21(20)16-23(22)33-12-10-28-25(30)14-19-7-3-4-8-19/h15-16,18-19H,1-14,17H2,(H,27,29)(H,28,30). The van der Waals surface area contributed by atoms with Crippen LogP contribution in [0, 0.1) is 11.8 Å². The molecule has 34 heavy (non-hydrogen) atoms. The van der Waals surface area contributed by atoms with E-state index in [9.17, 15) is 14.4 Å². The molecule has 1 aliphatic heterocycles. The Bertz CT molecular complexity index is 874. The highest BCUT2D eigenvalue weighted by Crippen LogP contribution is 2.34. The number of carbonyl (C=O) groups is 3. The first-order valence-electron chi connectivity index (χ1n) is 12.7. The molecule has 2 aliphatic carbocycles. The number of hydrogen-bond acceptors (Lipinski definition) is 6. The summed E-state index contributed by atoms with van der Waals surface area (Å²) in [5.41, 5.74) is 1.22.